The number of rotatable bonds is 31. The molecule has 70 heavy (non-hydrogen) atoms. The molecule has 9 N–H and O–H groups in total. The van der Waals surface area contributed by atoms with Gasteiger partial charge in [0.1, 0.15) is 42.0 Å². The first kappa shape index (κ1) is 56.1. The summed E-state index contributed by atoms with van der Waals surface area (Å²) in [5.41, 5.74) is 0.715. The molecule has 0 bridgehead atoms. The van der Waals surface area contributed by atoms with Gasteiger partial charge in [-0.25, -0.2) is 9.48 Å². The van der Waals surface area contributed by atoms with Crippen molar-refractivity contribution in [2.75, 3.05) is 79.2 Å². The number of aliphatic carboxylic acids is 1. The van der Waals surface area contributed by atoms with E-state index in [1.807, 2.05) is 13.0 Å². The van der Waals surface area contributed by atoms with E-state index >= 15 is 0 Å². The van der Waals surface area contributed by atoms with E-state index in [0.717, 1.165) is 0 Å². The van der Waals surface area contributed by atoms with Crippen LogP contribution in [0.1, 0.15) is 42.7 Å². The van der Waals surface area contributed by atoms with Gasteiger partial charge in [-0.05, 0) is 37.3 Å². The molecule has 1 aromatic heterocycles. The van der Waals surface area contributed by atoms with Crippen LogP contribution in [0.25, 0.3) is 0 Å². The number of hydrogen-bond donors (Lipinski definition) is 9. The van der Waals surface area contributed by atoms with E-state index in [-0.39, 0.29) is 24.5 Å². The van der Waals surface area contributed by atoms with Gasteiger partial charge < -0.3 is 89.0 Å². The lowest BCUT2D eigenvalue weighted by Crippen LogP contribution is -2.63. The monoisotopic (exact) mass is 993 g/mol. The summed E-state index contributed by atoms with van der Waals surface area (Å²) in [4.78, 5) is 37.1. The molecule has 0 radical (unpaired) electrons. The van der Waals surface area contributed by atoms with Crippen molar-refractivity contribution in [1.29, 1.82) is 0 Å². The van der Waals surface area contributed by atoms with Crippen molar-refractivity contribution in [2.45, 2.75) is 101 Å². The fraction of sp³-hybridized carbons (Fsp3) is 0.630. The molecule has 2 amide bonds. The molecule has 0 unspecified atom stereocenters. The van der Waals surface area contributed by atoms with Gasteiger partial charge in [0, 0.05) is 50.0 Å². The lowest BCUT2D eigenvalue weighted by Gasteiger charge is -2.46. The quantitative estimate of drug-likeness (QED) is 0.0341. The normalized spacial score (nSPS) is 25.5. The van der Waals surface area contributed by atoms with Gasteiger partial charge in [-0.2, -0.15) is 0 Å². The second kappa shape index (κ2) is 28.9. The second-order valence-corrected chi connectivity index (χ2v) is 16.6. The van der Waals surface area contributed by atoms with Gasteiger partial charge in [0.05, 0.1) is 96.6 Å². The molecule has 2 saturated heterocycles. The van der Waals surface area contributed by atoms with Crippen molar-refractivity contribution in [3.63, 3.8) is 0 Å². The van der Waals surface area contributed by atoms with Gasteiger partial charge in [-0.3, -0.25) is 9.59 Å². The van der Waals surface area contributed by atoms with Crippen LogP contribution in [0.4, 0.5) is 0 Å². The van der Waals surface area contributed by atoms with E-state index in [1.54, 1.807) is 47.3 Å². The first-order valence-corrected chi connectivity index (χ1v) is 23.2. The third-order valence-corrected chi connectivity index (χ3v) is 11.3. The van der Waals surface area contributed by atoms with Gasteiger partial charge >= 0.3 is 5.97 Å². The Morgan fingerprint density at radius 3 is 2.20 bits per heavy atom. The summed E-state index contributed by atoms with van der Waals surface area (Å²) in [6.45, 7) is 5.89. The topological polar surface area (TPSA) is 331 Å². The first-order chi connectivity index (χ1) is 33.7. The number of carboxylic acids is 1. The Kier molecular flexibility index (Phi) is 23.2. The van der Waals surface area contributed by atoms with Gasteiger partial charge in [-0.15, -0.1) is 5.10 Å². The summed E-state index contributed by atoms with van der Waals surface area (Å²) in [6.07, 6.45) is -13.3. The SMILES string of the molecule is CCNC(=O)CCOCCOCCOCCOCCn1cc(CCO[C@@H]2O[C@H](CO[C@]3(C(=O)O)C[C@H](O)[C@@H](C)[C@H]([C@H](O)[C@H](O)CNC(=O)c4cccc(Oc5ccccc5)c4)O3)[C@H](O)[C@H](O)[C@H]2O)nn1. The molecule has 0 aliphatic carbocycles. The lowest BCUT2D eigenvalue weighted by atomic mass is 9.84. The number of benzene rings is 2. The standard InChI is InChI=1S/C46H67N5O19/c1-3-47-37(54)13-15-62-18-20-64-22-23-65-21-19-63-17-14-51-27-31(49-50-51)12-16-66-44-41(58)40(57)39(56)36(69-44)28-67-46(45(60)61)25-34(52)29(2)42(70-46)38(55)35(53)26-48-43(59)30-8-7-11-33(24-30)68-32-9-5-4-6-10-32/h4-11,24,27,29,34-36,38-42,44,52-53,55-58H,3,12-23,25-26,28H2,1-2H3,(H,47,54)(H,48,59)(H,60,61)/t29-,34+,35-,36-,38-,39+,40+,41-,42-,44-,46-/m1/s1. The fourth-order valence-electron chi connectivity index (χ4n) is 7.31. The Bertz CT molecular complexity index is 2020. The summed E-state index contributed by atoms with van der Waals surface area (Å²) in [5, 5.41) is 89.0. The summed E-state index contributed by atoms with van der Waals surface area (Å²) >= 11 is 0. The maximum Gasteiger partial charge on any atom is 0.364 e. The number of carboxylic acid groups (broad SMARTS) is 1. The van der Waals surface area contributed by atoms with Crippen LogP contribution in [0.5, 0.6) is 11.5 Å². The Morgan fingerprint density at radius 1 is 0.843 bits per heavy atom. The van der Waals surface area contributed by atoms with Crippen molar-refractivity contribution < 1.29 is 92.8 Å². The van der Waals surface area contributed by atoms with Crippen molar-refractivity contribution in [3.05, 3.63) is 72.1 Å². The number of carbonyl (C=O) groups is 3. The number of carbonyl (C=O) groups excluding carboxylic acids is 2. The van der Waals surface area contributed by atoms with E-state index in [9.17, 15) is 50.1 Å². The molecule has 24 heteroatoms. The van der Waals surface area contributed by atoms with Crippen LogP contribution < -0.4 is 15.4 Å². The third kappa shape index (κ3) is 17.2. The number of para-hydroxylation sites is 1. The molecule has 5 rings (SSSR count). The molecule has 2 aliphatic rings. The number of hydrogen-bond acceptors (Lipinski definition) is 20. The summed E-state index contributed by atoms with van der Waals surface area (Å²) in [7, 11) is 0. The Labute approximate surface area is 404 Å². The highest BCUT2D eigenvalue weighted by Gasteiger charge is 2.55. The van der Waals surface area contributed by atoms with Gasteiger partial charge in [0.15, 0.2) is 6.29 Å². The van der Waals surface area contributed by atoms with E-state index in [2.05, 4.69) is 20.9 Å². The van der Waals surface area contributed by atoms with Crippen LogP contribution in [0.15, 0.2) is 60.8 Å². The molecule has 3 aromatic rings. The van der Waals surface area contributed by atoms with E-state index in [0.29, 0.717) is 89.6 Å². The highest BCUT2D eigenvalue weighted by atomic mass is 16.7. The zero-order chi connectivity index (χ0) is 50.5. The highest BCUT2D eigenvalue weighted by Crippen LogP contribution is 2.37. The maximum atomic E-state index is 13.0. The molecule has 2 fully saturated rings. The average molecular weight is 994 g/mol. The molecule has 24 nitrogen and oxygen atoms in total. The zero-order valence-electron chi connectivity index (χ0n) is 39.2. The van der Waals surface area contributed by atoms with Crippen molar-refractivity contribution >= 4 is 17.8 Å². The number of ether oxygens (including phenoxy) is 9. The van der Waals surface area contributed by atoms with E-state index in [4.69, 9.17) is 42.6 Å². The van der Waals surface area contributed by atoms with Crippen molar-refractivity contribution in [2.24, 2.45) is 5.92 Å². The van der Waals surface area contributed by atoms with Crippen LogP contribution >= 0.6 is 0 Å². The molecule has 390 valence electrons. The molecular formula is C46H67N5O19. The number of aromatic nitrogens is 3. The first-order valence-electron chi connectivity index (χ1n) is 23.2. The van der Waals surface area contributed by atoms with Crippen LogP contribution in [-0.2, 0) is 60.4 Å². The zero-order valence-corrected chi connectivity index (χ0v) is 39.2. The highest BCUT2D eigenvalue weighted by molar-refractivity contribution is 5.94. The molecule has 11 atom stereocenters. The minimum Gasteiger partial charge on any atom is -0.477 e. The lowest BCUT2D eigenvalue weighted by molar-refractivity contribution is -0.341. The molecular weight excluding hydrogens is 927 g/mol. The number of aliphatic hydroxyl groups is 6. The smallest absolute Gasteiger partial charge is 0.364 e. The maximum absolute atomic E-state index is 13.0. The minimum atomic E-state index is -2.64. The van der Waals surface area contributed by atoms with E-state index in [1.165, 1.54) is 19.1 Å². The van der Waals surface area contributed by atoms with Crippen LogP contribution in [0.2, 0.25) is 0 Å². The second-order valence-electron chi connectivity index (χ2n) is 16.6. The van der Waals surface area contributed by atoms with Crippen LogP contribution in [0.3, 0.4) is 0 Å². The van der Waals surface area contributed by atoms with Crippen molar-refractivity contribution in [3.8, 4) is 11.5 Å². The molecule has 0 spiro atoms. The molecule has 0 saturated carbocycles. The van der Waals surface area contributed by atoms with Gasteiger partial charge in [0.25, 0.3) is 11.7 Å². The average Bonchev–Trinajstić information content (AvgIpc) is 3.81. The Balaban J connectivity index is 1.01. The Hall–Kier alpha value is -4.77. The summed E-state index contributed by atoms with van der Waals surface area (Å²) < 4.78 is 52.1. The number of nitrogens with zero attached hydrogens (tertiary/aromatic N) is 3. The molecule has 3 heterocycles. The van der Waals surface area contributed by atoms with Crippen molar-refractivity contribution in [1.82, 2.24) is 25.6 Å². The van der Waals surface area contributed by atoms with E-state index < -0.39 is 98.3 Å². The van der Waals surface area contributed by atoms with Gasteiger partial charge in [0.2, 0.25) is 5.91 Å². The largest absolute Gasteiger partial charge is 0.477 e. The predicted octanol–water partition coefficient (Wildman–Crippen LogP) is -1.24. The number of aliphatic hydroxyl groups excluding tert-OH is 6. The molecule has 2 aliphatic heterocycles. The number of nitrogens with one attached hydrogen (secondary N) is 2. The van der Waals surface area contributed by atoms with Crippen LogP contribution in [-0.4, -0.2) is 209 Å². The molecule has 2 aromatic carbocycles. The van der Waals surface area contributed by atoms with Crippen LogP contribution in [0, 0.1) is 5.92 Å². The van der Waals surface area contributed by atoms with Gasteiger partial charge in [-0.1, -0.05) is 36.4 Å². The summed E-state index contributed by atoms with van der Waals surface area (Å²) in [5.74, 6) is -5.03. The minimum absolute atomic E-state index is 0.0497. The third-order valence-electron chi connectivity index (χ3n) is 11.3. The summed E-state index contributed by atoms with van der Waals surface area (Å²) in [6, 6.07) is 15.2. The number of amides is 2. The Morgan fingerprint density at radius 2 is 1.51 bits per heavy atom. The predicted molar refractivity (Wildman–Crippen MR) is 241 cm³/mol. The fourth-order valence-corrected chi connectivity index (χ4v) is 7.31.